The molecule has 3 nitrogen and oxygen atoms in total. The van der Waals surface area contributed by atoms with Gasteiger partial charge in [-0.3, -0.25) is 0 Å². The Kier molecular flexibility index (Phi) is 8.52. The first-order chi connectivity index (χ1) is 7.01. The molecule has 0 spiro atoms. The van der Waals surface area contributed by atoms with E-state index in [1.54, 1.807) is 11.8 Å². The summed E-state index contributed by atoms with van der Waals surface area (Å²) in [5.74, 6) is 1.69. The second-order valence-electron chi connectivity index (χ2n) is 4.64. The third-order valence-corrected chi connectivity index (χ3v) is 4.00. The van der Waals surface area contributed by atoms with E-state index in [-0.39, 0.29) is 30.4 Å². The van der Waals surface area contributed by atoms with Crippen molar-refractivity contribution >= 4 is 11.8 Å². The maximum atomic E-state index is 9.23. The van der Waals surface area contributed by atoms with Crippen LogP contribution in [0.4, 0.5) is 0 Å². The Morgan fingerprint density at radius 1 is 1.13 bits per heavy atom. The van der Waals surface area contributed by atoms with Gasteiger partial charge in [0.1, 0.15) is 0 Å². The number of nitrogens with two attached hydrogens (primary N) is 1. The molecule has 0 aliphatic heterocycles. The molecule has 0 aliphatic carbocycles. The van der Waals surface area contributed by atoms with Gasteiger partial charge in [-0.2, -0.15) is 11.8 Å². The van der Waals surface area contributed by atoms with Gasteiger partial charge >= 0.3 is 0 Å². The standard InChI is InChI=1S/C11H25NO2S/c1-8(2)4-10(12)11(6-14)15-7-9(3)5-13/h8-11,13-14H,4-7,12H2,1-3H3. The molecule has 3 unspecified atom stereocenters. The minimum atomic E-state index is 0.0471. The molecule has 3 atom stereocenters. The molecule has 0 heterocycles. The summed E-state index contributed by atoms with van der Waals surface area (Å²) in [6.07, 6.45) is 0.936. The lowest BCUT2D eigenvalue weighted by atomic mass is 10.0. The molecule has 0 rings (SSSR count). The van der Waals surface area contributed by atoms with Crippen LogP contribution >= 0.6 is 11.8 Å². The maximum Gasteiger partial charge on any atom is 0.0565 e. The SMILES string of the molecule is CC(C)CC(N)C(CO)SCC(C)CO. The smallest absolute Gasteiger partial charge is 0.0565 e. The van der Waals surface area contributed by atoms with Gasteiger partial charge in [0.15, 0.2) is 0 Å². The summed E-state index contributed by atoms with van der Waals surface area (Å²) in [5.41, 5.74) is 6.01. The van der Waals surface area contributed by atoms with Gasteiger partial charge in [-0.05, 0) is 24.0 Å². The third kappa shape index (κ3) is 7.17. The van der Waals surface area contributed by atoms with Gasteiger partial charge in [-0.15, -0.1) is 0 Å². The zero-order valence-electron chi connectivity index (χ0n) is 10.0. The molecular formula is C11H25NO2S. The highest BCUT2D eigenvalue weighted by Crippen LogP contribution is 2.20. The van der Waals surface area contributed by atoms with Crippen molar-refractivity contribution in [2.45, 2.75) is 38.5 Å². The quantitative estimate of drug-likeness (QED) is 0.589. The lowest BCUT2D eigenvalue weighted by Gasteiger charge is -2.24. The fourth-order valence-electron chi connectivity index (χ4n) is 1.35. The highest BCUT2D eigenvalue weighted by molar-refractivity contribution is 8.00. The topological polar surface area (TPSA) is 66.5 Å². The summed E-state index contributed by atoms with van der Waals surface area (Å²) >= 11 is 1.67. The third-order valence-electron chi connectivity index (χ3n) is 2.31. The van der Waals surface area contributed by atoms with E-state index in [1.807, 2.05) is 6.92 Å². The molecule has 0 radical (unpaired) electrons. The van der Waals surface area contributed by atoms with Gasteiger partial charge in [0.05, 0.1) is 6.61 Å². The Balaban J connectivity index is 3.89. The second kappa shape index (κ2) is 8.39. The summed E-state index contributed by atoms with van der Waals surface area (Å²) < 4.78 is 0. The molecule has 92 valence electrons. The first-order valence-corrected chi connectivity index (χ1v) is 6.65. The van der Waals surface area contributed by atoms with Crippen molar-refractivity contribution in [2.24, 2.45) is 17.6 Å². The largest absolute Gasteiger partial charge is 0.396 e. The van der Waals surface area contributed by atoms with E-state index in [0.717, 1.165) is 12.2 Å². The molecule has 0 amide bonds. The molecule has 15 heavy (non-hydrogen) atoms. The molecule has 4 N–H and O–H groups in total. The predicted molar refractivity (Wildman–Crippen MR) is 67.0 cm³/mol. The fraction of sp³-hybridized carbons (Fsp3) is 1.00. The number of thioether (sulfide) groups is 1. The Labute approximate surface area is 97.4 Å². The zero-order chi connectivity index (χ0) is 11.8. The highest BCUT2D eigenvalue weighted by atomic mass is 32.2. The number of rotatable bonds is 8. The van der Waals surface area contributed by atoms with Crippen molar-refractivity contribution in [2.75, 3.05) is 19.0 Å². The van der Waals surface area contributed by atoms with Crippen molar-refractivity contribution in [3.8, 4) is 0 Å². The van der Waals surface area contributed by atoms with Gasteiger partial charge < -0.3 is 15.9 Å². The highest BCUT2D eigenvalue weighted by Gasteiger charge is 2.19. The van der Waals surface area contributed by atoms with Crippen molar-refractivity contribution < 1.29 is 10.2 Å². The lowest BCUT2D eigenvalue weighted by molar-refractivity contribution is 0.249. The maximum absolute atomic E-state index is 9.23. The van der Waals surface area contributed by atoms with Crippen LogP contribution in [0.15, 0.2) is 0 Å². The van der Waals surface area contributed by atoms with Gasteiger partial charge in [-0.1, -0.05) is 20.8 Å². The average molecular weight is 235 g/mol. The van der Waals surface area contributed by atoms with E-state index in [4.69, 9.17) is 10.8 Å². The summed E-state index contributed by atoms with van der Waals surface area (Å²) in [5, 5.41) is 18.2. The van der Waals surface area contributed by atoms with E-state index in [0.29, 0.717) is 5.92 Å². The van der Waals surface area contributed by atoms with Crippen LogP contribution in [0.25, 0.3) is 0 Å². The van der Waals surface area contributed by atoms with Crippen LogP contribution in [0.5, 0.6) is 0 Å². The Morgan fingerprint density at radius 3 is 2.13 bits per heavy atom. The molecule has 0 aromatic carbocycles. The van der Waals surface area contributed by atoms with Gasteiger partial charge in [-0.25, -0.2) is 0 Å². The molecule has 0 saturated heterocycles. The lowest BCUT2D eigenvalue weighted by Crippen LogP contribution is -2.36. The summed E-state index contributed by atoms with van der Waals surface area (Å²) in [6, 6.07) is 0.0471. The summed E-state index contributed by atoms with van der Waals surface area (Å²) in [6.45, 7) is 6.58. The van der Waals surface area contributed by atoms with Crippen LogP contribution in [-0.2, 0) is 0 Å². The molecular weight excluding hydrogens is 210 g/mol. The van der Waals surface area contributed by atoms with Crippen LogP contribution in [-0.4, -0.2) is 40.5 Å². The van der Waals surface area contributed by atoms with E-state index in [9.17, 15) is 5.11 Å². The monoisotopic (exact) mass is 235 g/mol. The number of hydrogen-bond donors (Lipinski definition) is 3. The molecule has 0 bridgehead atoms. The summed E-state index contributed by atoms with van der Waals surface area (Å²) in [7, 11) is 0. The molecule has 4 heteroatoms. The van der Waals surface area contributed by atoms with Crippen molar-refractivity contribution in [3.63, 3.8) is 0 Å². The first kappa shape index (κ1) is 15.2. The molecule has 0 aromatic rings. The van der Waals surface area contributed by atoms with Gasteiger partial charge in [0, 0.05) is 17.9 Å². The predicted octanol–water partition coefficient (Wildman–Crippen LogP) is 1.08. The van der Waals surface area contributed by atoms with E-state index >= 15 is 0 Å². The van der Waals surface area contributed by atoms with Gasteiger partial charge in [0.25, 0.3) is 0 Å². The van der Waals surface area contributed by atoms with Crippen LogP contribution in [0.3, 0.4) is 0 Å². The zero-order valence-corrected chi connectivity index (χ0v) is 10.8. The van der Waals surface area contributed by atoms with Crippen LogP contribution in [0.1, 0.15) is 27.2 Å². The first-order valence-electron chi connectivity index (χ1n) is 5.60. The van der Waals surface area contributed by atoms with Crippen molar-refractivity contribution in [1.29, 1.82) is 0 Å². The fourth-order valence-corrected chi connectivity index (χ4v) is 2.49. The van der Waals surface area contributed by atoms with Crippen LogP contribution < -0.4 is 5.73 Å². The molecule has 0 aromatic heterocycles. The van der Waals surface area contributed by atoms with E-state index in [1.165, 1.54) is 0 Å². The number of aliphatic hydroxyl groups is 2. The average Bonchev–Trinajstić information content (AvgIpc) is 2.17. The van der Waals surface area contributed by atoms with Gasteiger partial charge in [0.2, 0.25) is 0 Å². The van der Waals surface area contributed by atoms with E-state index < -0.39 is 0 Å². The Bertz CT molecular complexity index is 156. The normalized spacial score (nSPS) is 17.8. The minimum Gasteiger partial charge on any atom is -0.396 e. The Hall–Kier alpha value is 0.230. The number of hydrogen-bond acceptors (Lipinski definition) is 4. The van der Waals surface area contributed by atoms with Crippen LogP contribution in [0, 0.1) is 11.8 Å². The number of aliphatic hydroxyl groups excluding tert-OH is 2. The minimum absolute atomic E-state index is 0.0471. The molecule has 0 saturated carbocycles. The van der Waals surface area contributed by atoms with E-state index in [2.05, 4.69) is 13.8 Å². The Morgan fingerprint density at radius 2 is 1.73 bits per heavy atom. The second-order valence-corrected chi connectivity index (χ2v) is 5.91. The summed E-state index contributed by atoms with van der Waals surface area (Å²) in [4.78, 5) is 0. The van der Waals surface area contributed by atoms with Crippen molar-refractivity contribution in [3.05, 3.63) is 0 Å². The van der Waals surface area contributed by atoms with Crippen molar-refractivity contribution in [1.82, 2.24) is 0 Å². The molecule has 0 fully saturated rings. The molecule has 0 aliphatic rings. The van der Waals surface area contributed by atoms with Crippen LogP contribution in [0.2, 0.25) is 0 Å².